The molecule has 2 rings (SSSR count). The highest BCUT2D eigenvalue weighted by atomic mass is 79.9. The summed E-state index contributed by atoms with van der Waals surface area (Å²) in [6, 6.07) is 7.16. The Bertz CT molecular complexity index is 680. The van der Waals surface area contributed by atoms with Crippen LogP contribution in [0.15, 0.2) is 42.8 Å². The Morgan fingerprint density at radius 3 is 2.44 bits per heavy atom. The summed E-state index contributed by atoms with van der Waals surface area (Å²) in [7, 11) is -3.54. The number of sulfonamides is 1. The van der Waals surface area contributed by atoms with E-state index in [1.807, 2.05) is 19.1 Å². The van der Waals surface area contributed by atoms with Crippen molar-refractivity contribution in [3.05, 3.63) is 44.2 Å². The van der Waals surface area contributed by atoms with Gasteiger partial charge in [0.25, 0.3) is 10.0 Å². The van der Waals surface area contributed by atoms with Crippen LogP contribution in [0.1, 0.15) is 5.56 Å². The molecule has 1 aromatic carbocycles. The molecule has 0 bridgehead atoms. The molecule has 7 heteroatoms. The van der Waals surface area contributed by atoms with E-state index in [-0.39, 0.29) is 4.21 Å². The van der Waals surface area contributed by atoms with Crippen LogP contribution >= 0.6 is 43.2 Å². The Morgan fingerprint density at radius 2 is 1.89 bits per heavy atom. The van der Waals surface area contributed by atoms with Crippen molar-refractivity contribution in [1.82, 2.24) is 0 Å². The SMILES string of the molecule is Cc1ccc(NS(=O)(=O)c2sccc2Br)c(Br)c1. The average Bonchev–Trinajstić information content (AvgIpc) is 2.69. The summed E-state index contributed by atoms with van der Waals surface area (Å²) < 4.78 is 28.5. The average molecular weight is 411 g/mol. The molecule has 0 saturated carbocycles. The first kappa shape index (κ1) is 14.0. The van der Waals surface area contributed by atoms with Gasteiger partial charge in [0.15, 0.2) is 4.21 Å². The molecule has 0 aliphatic rings. The third-order valence-corrected chi connectivity index (χ3v) is 6.89. The predicted octanol–water partition coefficient (Wildman–Crippen LogP) is 4.38. The summed E-state index contributed by atoms with van der Waals surface area (Å²) in [5, 5.41) is 1.73. The molecule has 0 fully saturated rings. The van der Waals surface area contributed by atoms with Crippen LogP contribution in [0.2, 0.25) is 0 Å². The zero-order chi connectivity index (χ0) is 13.3. The maximum atomic E-state index is 12.2. The number of halogens is 2. The van der Waals surface area contributed by atoms with Gasteiger partial charge >= 0.3 is 0 Å². The molecule has 0 saturated heterocycles. The Kier molecular flexibility index (Phi) is 4.15. The lowest BCUT2D eigenvalue weighted by Gasteiger charge is -2.09. The van der Waals surface area contributed by atoms with Crippen LogP contribution in [0.25, 0.3) is 0 Å². The minimum Gasteiger partial charge on any atom is -0.278 e. The van der Waals surface area contributed by atoms with Crippen molar-refractivity contribution in [3.8, 4) is 0 Å². The van der Waals surface area contributed by atoms with Crippen LogP contribution in [0, 0.1) is 6.92 Å². The molecule has 18 heavy (non-hydrogen) atoms. The van der Waals surface area contributed by atoms with Crippen LogP contribution in [0.5, 0.6) is 0 Å². The normalized spacial score (nSPS) is 11.5. The number of benzene rings is 1. The number of hydrogen-bond acceptors (Lipinski definition) is 3. The second-order valence-corrected chi connectivity index (χ2v) is 8.15. The summed E-state index contributed by atoms with van der Waals surface area (Å²) in [4.78, 5) is 0. The summed E-state index contributed by atoms with van der Waals surface area (Å²) in [6.45, 7) is 1.94. The van der Waals surface area contributed by atoms with Crippen LogP contribution in [0.3, 0.4) is 0 Å². The summed E-state index contributed by atoms with van der Waals surface area (Å²) in [5.41, 5.74) is 1.59. The molecule has 0 radical (unpaired) electrons. The maximum absolute atomic E-state index is 12.2. The molecule has 1 N–H and O–H groups in total. The van der Waals surface area contributed by atoms with Crippen LogP contribution < -0.4 is 4.72 Å². The van der Waals surface area contributed by atoms with Crippen molar-refractivity contribution in [2.45, 2.75) is 11.1 Å². The number of anilines is 1. The van der Waals surface area contributed by atoms with Crippen LogP contribution in [-0.4, -0.2) is 8.42 Å². The van der Waals surface area contributed by atoms with E-state index in [0.29, 0.717) is 10.2 Å². The Balaban J connectivity index is 2.37. The van der Waals surface area contributed by atoms with Gasteiger partial charge in [0.05, 0.1) is 5.69 Å². The molecule has 0 atom stereocenters. The standard InChI is InChI=1S/C11H9Br2NO2S2/c1-7-2-3-10(9(13)6-7)14-18(15,16)11-8(12)4-5-17-11/h2-6,14H,1H3. The molecular weight excluding hydrogens is 402 g/mol. The molecule has 2 aromatic rings. The van der Waals surface area contributed by atoms with E-state index < -0.39 is 10.0 Å². The lowest BCUT2D eigenvalue weighted by molar-refractivity contribution is 0.603. The van der Waals surface area contributed by atoms with E-state index in [1.54, 1.807) is 17.5 Å². The van der Waals surface area contributed by atoms with E-state index in [1.165, 1.54) is 11.3 Å². The first-order valence-electron chi connectivity index (χ1n) is 4.92. The molecule has 1 aromatic heterocycles. The minimum absolute atomic E-state index is 0.273. The predicted molar refractivity (Wildman–Crippen MR) is 81.7 cm³/mol. The lowest BCUT2D eigenvalue weighted by Crippen LogP contribution is -2.12. The molecule has 0 spiro atoms. The van der Waals surface area contributed by atoms with Crippen molar-refractivity contribution in [2.24, 2.45) is 0 Å². The van der Waals surface area contributed by atoms with Gasteiger partial charge in [0.2, 0.25) is 0 Å². The summed E-state index contributed by atoms with van der Waals surface area (Å²) >= 11 is 7.74. The number of aryl methyl sites for hydroxylation is 1. The quantitative estimate of drug-likeness (QED) is 0.815. The second-order valence-electron chi connectivity index (χ2n) is 3.64. The van der Waals surface area contributed by atoms with Gasteiger partial charge in [0, 0.05) is 8.95 Å². The van der Waals surface area contributed by atoms with Gasteiger partial charge in [-0.2, -0.15) is 0 Å². The van der Waals surface area contributed by atoms with E-state index in [2.05, 4.69) is 36.6 Å². The first-order valence-corrected chi connectivity index (χ1v) is 8.87. The van der Waals surface area contributed by atoms with E-state index in [0.717, 1.165) is 10.0 Å². The molecule has 0 unspecified atom stereocenters. The fraction of sp³-hybridized carbons (Fsp3) is 0.0909. The number of hydrogen-bond donors (Lipinski definition) is 1. The van der Waals surface area contributed by atoms with Gasteiger partial charge in [0.1, 0.15) is 0 Å². The Morgan fingerprint density at radius 1 is 1.17 bits per heavy atom. The zero-order valence-electron chi connectivity index (χ0n) is 9.28. The highest BCUT2D eigenvalue weighted by molar-refractivity contribution is 9.11. The molecular formula is C11H9Br2NO2S2. The molecule has 1 heterocycles. The summed E-state index contributed by atoms with van der Waals surface area (Å²) in [5.74, 6) is 0. The van der Waals surface area contributed by atoms with Gasteiger partial charge < -0.3 is 0 Å². The van der Waals surface area contributed by atoms with E-state index in [9.17, 15) is 8.42 Å². The van der Waals surface area contributed by atoms with Gasteiger partial charge in [-0.15, -0.1) is 11.3 Å². The zero-order valence-corrected chi connectivity index (χ0v) is 14.1. The smallest absolute Gasteiger partial charge is 0.272 e. The van der Waals surface area contributed by atoms with Crippen molar-refractivity contribution >= 4 is 58.9 Å². The van der Waals surface area contributed by atoms with Gasteiger partial charge in [-0.1, -0.05) is 6.07 Å². The van der Waals surface area contributed by atoms with Crippen molar-refractivity contribution < 1.29 is 8.42 Å². The van der Waals surface area contributed by atoms with Crippen LogP contribution in [0.4, 0.5) is 5.69 Å². The molecule has 0 amide bonds. The Labute approximate surface area is 127 Å². The Hall–Kier alpha value is -0.370. The van der Waals surface area contributed by atoms with Crippen molar-refractivity contribution in [2.75, 3.05) is 4.72 Å². The number of rotatable bonds is 3. The molecule has 0 aliphatic carbocycles. The van der Waals surface area contributed by atoms with Gasteiger partial charge in [-0.25, -0.2) is 8.42 Å². The first-order chi connectivity index (χ1) is 8.40. The fourth-order valence-corrected chi connectivity index (χ4v) is 5.51. The topological polar surface area (TPSA) is 46.2 Å². The fourth-order valence-electron chi connectivity index (χ4n) is 1.37. The highest BCUT2D eigenvalue weighted by Gasteiger charge is 2.20. The van der Waals surface area contributed by atoms with E-state index in [4.69, 9.17) is 0 Å². The third-order valence-electron chi connectivity index (χ3n) is 2.20. The highest BCUT2D eigenvalue weighted by Crippen LogP contribution is 2.31. The largest absolute Gasteiger partial charge is 0.278 e. The molecule has 3 nitrogen and oxygen atoms in total. The molecule has 96 valence electrons. The third kappa shape index (κ3) is 2.96. The van der Waals surface area contributed by atoms with E-state index >= 15 is 0 Å². The second kappa shape index (κ2) is 5.32. The summed E-state index contributed by atoms with van der Waals surface area (Å²) in [6.07, 6.45) is 0. The molecule has 0 aliphatic heterocycles. The van der Waals surface area contributed by atoms with Gasteiger partial charge in [-0.3, -0.25) is 4.72 Å². The number of thiophene rings is 1. The lowest BCUT2D eigenvalue weighted by atomic mass is 10.2. The van der Waals surface area contributed by atoms with Crippen molar-refractivity contribution in [3.63, 3.8) is 0 Å². The minimum atomic E-state index is -3.54. The van der Waals surface area contributed by atoms with Crippen LogP contribution in [-0.2, 0) is 10.0 Å². The van der Waals surface area contributed by atoms with Crippen molar-refractivity contribution in [1.29, 1.82) is 0 Å². The van der Waals surface area contributed by atoms with Gasteiger partial charge in [-0.05, 0) is 67.9 Å². The number of nitrogens with one attached hydrogen (secondary N) is 1. The maximum Gasteiger partial charge on any atom is 0.272 e. The monoisotopic (exact) mass is 409 g/mol.